The molecule has 1 amide bonds. The lowest BCUT2D eigenvalue weighted by Gasteiger charge is -2.18. The SMILES string of the molecule is COc1ccc2c(c1)CCN2C(=O)c1cccc2cnccc12. The molecule has 23 heavy (non-hydrogen) atoms. The van der Waals surface area contributed by atoms with E-state index in [1.807, 2.05) is 47.4 Å². The summed E-state index contributed by atoms with van der Waals surface area (Å²) in [4.78, 5) is 19.0. The number of benzene rings is 2. The number of carbonyl (C=O) groups is 1. The lowest BCUT2D eigenvalue weighted by Crippen LogP contribution is -2.29. The fourth-order valence-corrected chi connectivity index (χ4v) is 3.17. The summed E-state index contributed by atoms with van der Waals surface area (Å²) < 4.78 is 5.27. The quantitative estimate of drug-likeness (QED) is 0.728. The topological polar surface area (TPSA) is 42.4 Å². The monoisotopic (exact) mass is 304 g/mol. The van der Waals surface area contributed by atoms with E-state index in [0.717, 1.165) is 34.2 Å². The van der Waals surface area contributed by atoms with Gasteiger partial charge in [-0.25, -0.2) is 0 Å². The normalized spacial score (nSPS) is 13.2. The van der Waals surface area contributed by atoms with Gasteiger partial charge >= 0.3 is 0 Å². The third-order valence-electron chi connectivity index (χ3n) is 4.34. The van der Waals surface area contributed by atoms with Gasteiger partial charge in [0.15, 0.2) is 0 Å². The van der Waals surface area contributed by atoms with Gasteiger partial charge in [-0.05, 0) is 47.7 Å². The Hall–Kier alpha value is -2.88. The minimum absolute atomic E-state index is 0.0331. The van der Waals surface area contributed by atoms with Gasteiger partial charge in [0.05, 0.1) is 7.11 Å². The van der Waals surface area contributed by atoms with Crippen LogP contribution in [-0.2, 0) is 6.42 Å². The second kappa shape index (κ2) is 5.39. The van der Waals surface area contributed by atoms with Gasteiger partial charge in [-0.15, -0.1) is 0 Å². The lowest BCUT2D eigenvalue weighted by molar-refractivity contribution is 0.0991. The fraction of sp³-hybridized carbons (Fsp3) is 0.158. The maximum absolute atomic E-state index is 13.1. The van der Waals surface area contributed by atoms with Crippen LogP contribution in [0.1, 0.15) is 15.9 Å². The van der Waals surface area contributed by atoms with E-state index < -0.39 is 0 Å². The second-order valence-corrected chi connectivity index (χ2v) is 5.60. The summed E-state index contributed by atoms with van der Waals surface area (Å²) in [6.07, 6.45) is 4.36. The summed E-state index contributed by atoms with van der Waals surface area (Å²) in [6.45, 7) is 0.697. The highest BCUT2D eigenvalue weighted by molar-refractivity contribution is 6.14. The predicted molar refractivity (Wildman–Crippen MR) is 90.1 cm³/mol. The molecule has 0 fully saturated rings. The van der Waals surface area contributed by atoms with Crippen LogP contribution in [0.2, 0.25) is 0 Å². The van der Waals surface area contributed by atoms with E-state index in [9.17, 15) is 4.79 Å². The number of amides is 1. The number of methoxy groups -OCH3 is 1. The van der Waals surface area contributed by atoms with Gasteiger partial charge in [0, 0.05) is 35.6 Å². The van der Waals surface area contributed by atoms with E-state index in [-0.39, 0.29) is 5.91 Å². The third kappa shape index (κ3) is 2.23. The van der Waals surface area contributed by atoms with Crippen LogP contribution in [0.5, 0.6) is 5.75 Å². The minimum atomic E-state index is 0.0331. The number of nitrogens with zero attached hydrogens (tertiary/aromatic N) is 2. The zero-order chi connectivity index (χ0) is 15.8. The molecular formula is C19H16N2O2. The summed E-state index contributed by atoms with van der Waals surface area (Å²) in [5.74, 6) is 0.861. The van der Waals surface area contributed by atoms with Crippen molar-refractivity contribution < 1.29 is 9.53 Å². The van der Waals surface area contributed by atoms with Gasteiger partial charge in [0.25, 0.3) is 5.91 Å². The highest BCUT2D eigenvalue weighted by Gasteiger charge is 2.26. The number of anilines is 1. The molecule has 0 unspecified atom stereocenters. The van der Waals surface area contributed by atoms with E-state index in [1.165, 1.54) is 0 Å². The van der Waals surface area contributed by atoms with E-state index in [4.69, 9.17) is 4.74 Å². The average Bonchev–Trinajstić information content (AvgIpc) is 3.03. The van der Waals surface area contributed by atoms with Crippen molar-refractivity contribution in [1.29, 1.82) is 0 Å². The molecule has 4 rings (SSSR count). The first kappa shape index (κ1) is 13.8. The largest absolute Gasteiger partial charge is 0.497 e. The lowest BCUT2D eigenvalue weighted by atomic mass is 10.1. The number of carbonyl (C=O) groups excluding carboxylic acids is 1. The highest BCUT2D eigenvalue weighted by Crippen LogP contribution is 2.33. The van der Waals surface area contributed by atoms with Crippen LogP contribution in [0.15, 0.2) is 54.9 Å². The fourth-order valence-electron chi connectivity index (χ4n) is 3.17. The van der Waals surface area contributed by atoms with Crippen LogP contribution in [-0.4, -0.2) is 24.5 Å². The van der Waals surface area contributed by atoms with E-state index in [0.29, 0.717) is 12.1 Å². The molecule has 1 aliphatic heterocycles. The summed E-state index contributed by atoms with van der Waals surface area (Å²) in [5.41, 5.74) is 2.84. The van der Waals surface area contributed by atoms with Crippen molar-refractivity contribution in [1.82, 2.24) is 4.98 Å². The molecule has 0 atom stereocenters. The van der Waals surface area contributed by atoms with Gasteiger partial charge in [-0.1, -0.05) is 12.1 Å². The molecule has 0 N–H and O–H groups in total. The van der Waals surface area contributed by atoms with Crippen molar-refractivity contribution in [3.8, 4) is 5.75 Å². The van der Waals surface area contributed by atoms with Crippen molar-refractivity contribution in [2.45, 2.75) is 6.42 Å². The van der Waals surface area contributed by atoms with Gasteiger partial charge in [0.1, 0.15) is 5.75 Å². The molecule has 114 valence electrons. The summed E-state index contributed by atoms with van der Waals surface area (Å²) in [7, 11) is 1.66. The average molecular weight is 304 g/mol. The number of fused-ring (bicyclic) bond motifs is 2. The molecule has 1 aliphatic rings. The van der Waals surface area contributed by atoms with Gasteiger partial charge < -0.3 is 9.64 Å². The number of pyridine rings is 1. The molecule has 2 aromatic carbocycles. The molecule has 0 radical (unpaired) electrons. The van der Waals surface area contributed by atoms with Crippen LogP contribution in [0.3, 0.4) is 0 Å². The highest BCUT2D eigenvalue weighted by atomic mass is 16.5. The Morgan fingerprint density at radius 3 is 3.00 bits per heavy atom. The zero-order valence-corrected chi connectivity index (χ0v) is 12.8. The van der Waals surface area contributed by atoms with Crippen LogP contribution in [0.25, 0.3) is 10.8 Å². The van der Waals surface area contributed by atoms with Crippen LogP contribution >= 0.6 is 0 Å². The Morgan fingerprint density at radius 1 is 1.22 bits per heavy atom. The summed E-state index contributed by atoms with van der Waals surface area (Å²) in [6, 6.07) is 13.5. The molecule has 0 bridgehead atoms. The summed E-state index contributed by atoms with van der Waals surface area (Å²) in [5, 5.41) is 1.92. The Labute approximate surface area is 134 Å². The molecule has 0 spiro atoms. The van der Waals surface area contributed by atoms with Crippen LogP contribution in [0, 0.1) is 0 Å². The molecular weight excluding hydrogens is 288 g/mol. The molecule has 4 nitrogen and oxygen atoms in total. The minimum Gasteiger partial charge on any atom is -0.497 e. The Balaban J connectivity index is 1.76. The van der Waals surface area contributed by atoms with Crippen molar-refractivity contribution >= 4 is 22.4 Å². The Bertz CT molecular complexity index is 900. The van der Waals surface area contributed by atoms with Gasteiger partial charge in [-0.3, -0.25) is 9.78 Å². The number of aromatic nitrogens is 1. The van der Waals surface area contributed by atoms with Gasteiger partial charge in [-0.2, -0.15) is 0 Å². The standard InChI is InChI=1S/C19H16N2O2/c1-23-15-5-6-18-13(11-15)8-10-21(18)19(22)17-4-2-3-14-12-20-9-7-16(14)17/h2-7,9,11-12H,8,10H2,1H3. The number of rotatable bonds is 2. The van der Waals surface area contributed by atoms with Crippen LogP contribution < -0.4 is 9.64 Å². The maximum atomic E-state index is 13.1. The molecule has 0 aliphatic carbocycles. The van der Waals surface area contributed by atoms with Crippen molar-refractivity contribution in [3.05, 3.63) is 66.0 Å². The Kier molecular flexibility index (Phi) is 3.23. The Morgan fingerprint density at radius 2 is 2.13 bits per heavy atom. The van der Waals surface area contributed by atoms with Crippen LogP contribution in [0.4, 0.5) is 5.69 Å². The van der Waals surface area contributed by atoms with Gasteiger partial charge in [0.2, 0.25) is 0 Å². The first-order valence-corrected chi connectivity index (χ1v) is 7.59. The first-order valence-electron chi connectivity index (χ1n) is 7.59. The molecule has 4 heteroatoms. The molecule has 2 heterocycles. The smallest absolute Gasteiger partial charge is 0.258 e. The number of ether oxygens (including phenoxy) is 1. The molecule has 0 saturated heterocycles. The van der Waals surface area contributed by atoms with Crippen molar-refractivity contribution in [2.24, 2.45) is 0 Å². The van der Waals surface area contributed by atoms with E-state index >= 15 is 0 Å². The molecule has 1 aromatic heterocycles. The summed E-state index contributed by atoms with van der Waals surface area (Å²) >= 11 is 0. The number of hydrogen-bond acceptors (Lipinski definition) is 3. The second-order valence-electron chi connectivity index (χ2n) is 5.60. The van der Waals surface area contributed by atoms with Crippen molar-refractivity contribution in [3.63, 3.8) is 0 Å². The predicted octanol–water partition coefficient (Wildman–Crippen LogP) is 3.45. The number of hydrogen-bond donors (Lipinski definition) is 0. The molecule has 0 saturated carbocycles. The van der Waals surface area contributed by atoms with E-state index in [2.05, 4.69) is 4.98 Å². The van der Waals surface area contributed by atoms with E-state index in [1.54, 1.807) is 19.5 Å². The third-order valence-corrected chi connectivity index (χ3v) is 4.34. The molecule has 3 aromatic rings. The first-order chi connectivity index (χ1) is 11.3. The maximum Gasteiger partial charge on any atom is 0.258 e. The van der Waals surface area contributed by atoms with Crippen molar-refractivity contribution in [2.75, 3.05) is 18.6 Å². The zero-order valence-electron chi connectivity index (χ0n) is 12.8.